The van der Waals surface area contributed by atoms with Crippen LogP contribution in [0, 0.1) is 11.3 Å². The summed E-state index contributed by atoms with van der Waals surface area (Å²) in [6.45, 7) is -0.114. The van der Waals surface area contributed by atoms with Gasteiger partial charge in [-0.25, -0.2) is 8.78 Å². The standard InChI is InChI=1S/C12H10F2N2O2/c13-12(14,4-1-5-15)8-2-3-10-9(6-8)16-11(17)7-18-10/h2-3,6H,1,4,7H2,(H,16,17). The molecule has 6 heteroatoms. The molecule has 1 N–H and O–H groups in total. The number of halogens is 2. The van der Waals surface area contributed by atoms with E-state index in [9.17, 15) is 13.6 Å². The number of fused-ring (bicyclic) bond motifs is 1. The molecule has 1 aromatic rings. The second-order valence-electron chi connectivity index (χ2n) is 3.91. The van der Waals surface area contributed by atoms with Gasteiger partial charge in [-0.15, -0.1) is 0 Å². The molecular weight excluding hydrogens is 242 g/mol. The molecule has 0 bridgehead atoms. The zero-order valence-electron chi connectivity index (χ0n) is 9.37. The molecule has 0 atom stereocenters. The zero-order chi connectivity index (χ0) is 13.2. The number of nitrogens with one attached hydrogen (secondary N) is 1. The number of nitrogens with zero attached hydrogens (tertiary/aromatic N) is 1. The van der Waals surface area contributed by atoms with Crippen LogP contribution < -0.4 is 10.1 Å². The summed E-state index contributed by atoms with van der Waals surface area (Å²) < 4.78 is 32.5. The highest BCUT2D eigenvalue weighted by atomic mass is 19.3. The van der Waals surface area contributed by atoms with Crippen molar-refractivity contribution in [2.75, 3.05) is 11.9 Å². The topological polar surface area (TPSA) is 62.1 Å². The molecule has 1 amide bonds. The minimum atomic E-state index is -3.09. The van der Waals surface area contributed by atoms with Crippen LogP contribution in [-0.4, -0.2) is 12.5 Å². The van der Waals surface area contributed by atoms with Crippen LogP contribution in [0.5, 0.6) is 5.75 Å². The first-order valence-electron chi connectivity index (χ1n) is 5.35. The van der Waals surface area contributed by atoms with Crippen LogP contribution in [0.3, 0.4) is 0 Å². The van der Waals surface area contributed by atoms with Crippen LogP contribution in [0.15, 0.2) is 18.2 Å². The van der Waals surface area contributed by atoms with Crippen LogP contribution in [-0.2, 0) is 10.7 Å². The maximum Gasteiger partial charge on any atom is 0.274 e. The third kappa shape index (κ3) is 2.40. The Bertz CT molecular complexity index is 523. The molecule has 0 aromatic heterocycles. The maximum atomic E-state index is 13.7. The minimum absolute atomic E-state index is 0.114. The number of rotatable bonds is 3. The summed E-state index contributed by atoms with van der Waals surface area (Å²) in [6, 6.07) is 5.51. The summed E-state index contributed by atoms with van der Waals surface area (Å²) in [7, 11) is 0. The first-order valence-corrected chi connectivity index (χ1v) is 5.35. The van der Waals surface area contributed by atoms with Crippen molar-refractivity contribution >= 4 is 11.6 Å². The number of anilines is 1. The molecule has 1 aromatic carbocycles. The lowest BCUT2D eigenvalue weighted by atomic mass is 10.0. The van der Waals surface area contributed by atoms with Gasteiger partial charge in [0.15, 0.2) is 6.61 Å². The average Bonchev–Trinajstić information content (AvgIpc) is 2.35. The third-order valence-electron chi connectivity index (χ3n) is 2.59. The molecule has 1 aliphatic rings. The van der Waals surface area contributed by atoms with Crippen LogP contribution in [0.2, 0.25) is 0 Å². The highest BCUT2D eigenvalue weighted by Gasteiger charge is 2.32. The van der Waals surface area contributed by atoms with Gasteiger partial charge in [-0.3, -0.25) is 4.79 Å². The maximum absolute atomic E-state index is 13.7. The lowest BCUT2D eigenvalue weighted by molar-refractivity contribution is -0.118. The highest BCUT2D eigenvalue weighted by Crippen LogP contribution is 2.37. The van der Waals surface area contributed by atoms with E-state index in [0.717, 1.165) is 0 Å². The number of alkyl halides is 2. The van der Waals surface area contributed by atoms with E-state index < -0.39 is 12.3 Å². The first-order chi connectivity index (χ1) is 8.53. The van der Waals surface area contributed by atoms with Gasteiger partial charge in [-0.2, -0.15) is 5.26 Å². The van der Waals surface area contributed by atoms with Crippen LogP contribution in [0.4, 0.5) is 14.5 Å². The molecule has 0 spiro atoms. The molecule has 1 aliphatic heterocycles. The first kappa shape index (κ1) is 12.3. The summed E-state index contributed by atoms with van der Waals surface area (Å²) in [5, 5.41) is 10.8. The lowest BCUT2D eigenvalue weighted by Crippen LogP contribution is -2.26. The highest BCUT2D eigenvalue weighted by molar-refractivity contribution is 5.95. The molecule has 0 aliphatic carbocycles. The molecule has 18 heavy (non-hydrogen) atoms. The van der Waals surface area contributed by atoms with Crippen molar-refractivity contribution in [3.63, 3.8) is 0 Å². The summed E-state index contributed by atoms with van der Waals surface area (Å²) in [6.07, 6.45) is -0.774. The molecule has 0 unspecified atom stereocenters. The number of carbonyl (C=O) groups is 1. The SMILES string of the molecule is N#CCCC(F)(F)c1ccc2c(c1)NC(=O)CO2. The van der Waals surface area contributed by atoms with Crippen molar-refractivity contribution in [1.82, 2.24) is 0 Å². The van der Waals surface area contributed by atoms with Gasteiger partial charge in [-0.1, -0.05) is 0 Å². The van der Waals surface area contributed by atoms with E-state index in [-0.39, 0.29) is 30.2 Å². The zero-order valence-corrected chi connectivity index (χ0v) is 9.37. The number of carbonyl (C=O) groups excluding carboxylic acids is 1. The van der Waals surface area contributed by atoms with Crippen LogP contribution in [0.25, 0.3) is 0 Å². The van der Waals surface area contributed by atoms with E-state index in [0.29, 0.717) is 5.75 Å². The van der Waals surface area contributed by atoms with E-state index in [1.54, 1.807) is 6.07 Å². The fourth-order valence-corrected chi connectivity index (χ4v) is 1.67. The predicted molar refractivity (Wildman–Crippen MR) is 59.3 cm³/mol. The van der Waals surface area contributed by atoms with Gasteiger partial charge in [-0.05, 0) is 18.2 Å². The Morgan fingerprint density at radius 2 is 2.28 bits per heavy atom. The van der Waals surface area contributed by atoms with Gasteiger partial charge in [0, 0.05) is 18.4 Å². The van der Waals surface area contributed by atoms with Crippen molar-refractivity contribution in [2.45, 2.75) is 18.8 Å². The predicted octanol–water partition coefficient (Wildman–Crippen LogP) is 2.41. The summed E-state index contributed by atoms with van der Waals surface area (Å²) in [5.41, 5.74) is 0.00248. The Morgan fingerprint density at radius 1 is 1.50 bits per heavy atom. The van der Waals surface area contributed by atoms with Crippen LogP contribution in [0.1, 0.15) is 18.4 Å². The second kappa shape index (κ2) is 4.61. The largest absolute Gasteiger partial charge is 0.482 e. The van der Waals surface area contributed by atoms with Crippen molar-refractivity contribution in [3.05, 3.63) is 23.8 Å². The molecule has 94 valence electrons. The van der Waals surface area contributed by atoms with Crippen molar-refractivity contribution < 1.29 is 18.3 Å². The number of ether oxygens (including phenoxy) is 1. The second-order valence-corrected chi connectivity index (χ2v) is 3.91. The number of hydrogen-bond donors (Lipinski definition) is 1. The fraction of sp³-hybridized carbons (Fsp3) is 0.333. The summed E-state index contributed by atoms with van der Waals surface area (Å²) in [5.74, 6) is -3.10. The summed E-state index contributed by atoms with van der Waals surface area (Å²) in [4.78, 5) is 11.1. The van der Waals surface area contributed by atoms with Crippen molar-refractivity contribution in [3.8, 4) is 11.8 Å². The number of benzene rings is 1. The smallest absolute Gasteiger partial charge is 0.274 e. The molecule has 0 radical (unpaired) electrons. The van der Waals surface area contributed by atoms with Gasteiger partial charge in [0.2, 0.25) is 0 Å². The van der Waals surface area contributed by atoms with E-state index in [4.69, 9.17) is 10.00 Å². The molecular formula is C12H10F2N2O2. The third-order valence-corrected chi connectivity index (χ3v) is 2.59. The van der Waals surface area contributed by atoms with Gasteiger partial charge >= 0.3 is 0 Å². The average molecular weight is 252 g/mol. The quantitative estimate of drug-likeness (QED) is 0.898. The van der Waals surface area contributed by atoms with E-state index in [1.165, 1.54) is 18.2 Å². The molecule has 0 saturated carbocycles. The summed E-state index contributed by atoms with van der Waals surface area (Å²) >= 11 is 0. The monoisotopic (exact) mass is 252 g/mol. The number of nitriles is 1. The number of hydrogen-bond acceptors (Lipinski definition) is 3. The Morgan fingerprint density at radius 3 is 3.00 bits per heavy atom. The van der Waals surface area contributed by atoms with E-state index >= 15 is 0 Å². The Balaban J connectivity index is 2.28. The van der Waals surface area contributed by atoms with Gasteiger partial charge in [0.05, 0.1) is 11.8 Å². The minimum Gasteiger partial charge on any atom is -0.482 e. The molecule has 0 fully saturated rings. The molecule has 0 saturated heterocycles. The normalized spacial score (nSPS) is 14.2. The number of amides is 1. The molecule has 2 rings (SSSR count). The lowest BCUT2D eigenvalue weighted by Gasteiger charge is -2.21. The van der Waals surface area contributed by atoms with Gasteiger partial charge in [0.1, 0.15) is 5.75 Å². The van der Waals surface area contributed by atoms with Crippen LogP contribution >= 0.6 is 0 Å². The molecule has 1 heterocycles. The fourth-order valence-electron chi connectivity index (χ4n) is 1.67. The van der Waals surface area contributed by atoms with Gasteiger partial charge in [0.25, 0.3) is 11.8 Å². The van der Waals surface area contributed by atoms with Crippen molar-refractivity contribution in [2.24, 2.45) is 0 Å². The Hall–Kier alpha value is -2.16. The molecule has 4 nitrogen and oxygen atoms in total. The Labute approximate surface area is 102 Å². The van der Waals surface area contributed by atoms with E-state index in [2.05, 4.69) is 5.32 Å². The van der Waals surface area contributed by atoms with E-state index in [1.807, 2.05) is 0 Å². The van der Waals surface area contributed by atoms with Crippen molar-refractivity contribution in [1.29, 1.82) is 5.26 Å². The van der Waals surface area contributed by atoms with Gasteiger partial charge < -0.3 is 10.1 Å². The Kier molecular flexibility index (Phi) is 3.15.